The molecule has 1 fully saturated rings. The molecule has 3 heterocycles. The van der Waals surface area contributed by atoms with E-state index >= 15 is 0 Å². The number of carbonyl (C=O) groups is 1. The van der Waals surface area contributed by atoms with Gasteiger partial charge in [0, 0.05) is 38.1 Å². The first kappa shape index (κ1) is 24.4. The standard InChI is InChI=1S/C25H29FN6O3/c1-17-23(25(33)31-19-3-4-24(29-15-19)27-5-8-34-2)14-21(16-28-17)30-20-11-18(26)12-22(13-20)32-6-9-35-10-7-32/h3-4,11-16,30H,5-10H2,1-2H3,(H,27,29)(H,31,33). The fourth-order valence-corrected chi connectivity index (χ4v) is 3.70. The van der Waals surface area contributed by atoms with Crippen molar-refractivity contribution < 1.29 is 18.7 Å². The summed E-state index contributed by atoms with van der Waals surface area (Å²) < 4.78 is 24.7. The Labute approximate surface area is 203 Å². The van der Waals surface area contributed by atoms with Gasteiger partial charge in [-0.05, 0) is 43.3 Å². The van der Waals surface area contributed by atoms with Gasteiger partial charge in [-0.1, -0.05) is 0 Å². The van der Waals surface area contributed by atoms with Gasteiger partial charge in [-0.25, -0.2) is 9.37 Å². The molecule has 3 aromatic rings. The molecule has 1 aromatic carbocycles. The Morgan fingerprint density at radius 2 is 1.89 bits per heavy atom. The highest BCUT2D eigenvalue weighted by atomic mass is 19.1. The van der Waals surface area contributed by atoms with Gasteiger partial charge in [0.25, 0.3) is 5.91 Å². The number of carbonyl (C=O) groups excluding carboxylic acids is 1. The Morgan fingerprint density at radius 3 is 2.63 bits per heavy atom. The van der Waals surface area contributed by atoms with Crippen LogP contribution in [0.5, 0.6) is 0 Å². The number of nitrogens with zero attached hydrogens (tertiary/aromatic N) is 3. The first-order valence-electron chi connectivity index (χ1n) is 11.4. The van der Waals surface area contributed by atoms with Gasteiger partial charge >= 0.3 is 0 Å². The van der Waals surface area contributed by atoms with Crippen molar-refractivity contribution in [1.82, 2.24) is 9.97 Å². The Morgan fingerprint density at radius 1 is 1.09 bits per heavy atom. The predicted octanol–water partition coefficient (Wildman–Crippen LogP) is 3.81. The van der Waals surface area contributed by atoms with Gasteiger partial charge in [0.1, 0.15) is 11.6 Å². The van der Waals surface area contributed by atoms with Crippen LogP contribution in [-0.2, 0) is 9.47 Å². The molecule has 0 unspecified atom stereocenters. The van der Waals surface area contributed by atoms with E-state index in [0.717, 1.165) is 5.69 Å². The summed E-state index contributed by atoms with van der Waals surface area (Å²) in [5.74, 6) is 0.0339. The number of morpholine rings is 1. The van der Waals surface area contributed by atoms with E-state index in [4.69, 9.17) is 9.47 Å². The summed E-state index contributed by atoms with van der Waals surface area (Å²) in [6, 6.07) is 10.1. The molecule has 2 aromatic heterocycles. The molecule has 10 heteroatoms. The second-order valence-electron chi connectivity index (χ2n) is 8.09. The van der Waals surface area contributed by atoms with E-state index in [1.54, 1.807) is 44.6 Å². The van der Waals surface area contributed by atoms with Crippen molar-refractivity contribution in [1.29, 1.82) is 0 Å². The maximum absolute atomic E-state index is 14.3. The van der Waals surface area contributed by atoms with Crippen LogP contribution >= 0.6 is 0 Å². The minimum Gasteiger partial charge on any atom is -0.383 e. The van der Waals surface area contributed by atoms with E-state index < -0.39 is 0 Å². The van der Waals surface area contributed by atoms with Gasteiger partial charge in [0.2, 0.25) is 0 Å². The van der Waals surface area contributed by atoms with E-state index in [1.165, 1.54) is 12.1 Å². The number of hydrogen-bond acceptors (Lipinski definition) is 8. The fourth-order valence-electron chi connectivity index (χ4n) is 3.70. The molecular formula is C25H29FN6O3. The number of methoxy groups -OCH3 is 1. The smallest absolute Gasteiger partial charge is 0.257 e. The predicted molar refractivity (Wildman–Crippen MR) is 134 cm³/mol. The number of aromatic nitrogens is 2. The monoisotopic (exact) mass is 480 g/mol. The van der Waals surface area contributed by atoms with Gasteiger partial charge in [-0.15, -0.1) is 0 Å². The maximum Gasteiger partial charge on any atom is 0.257 e. The maximum atomic E-state index is 14.3. The Hall–Kier alpha value is -3.76. The number of anilines is 5. The first-order chi connectivity index (χ1) is 17.0. The van der Waals surface area contributed by atoms with E-state index in [2.05, 4.69) is 30.8 Å². The van der Waals surface area contributed by atoms with Crippen LogP contribution in [0, 0.1) is 12.7 Å². The number of hydrogen-bond donors (Lipinski definition) is 3. The van der Waals surface area contributed by atoms with Crippen LogP contribution in [0.1, 0.15) is 16.1 Å². The van der Waals surface area contributed by atoms with E-state index in [9.17, 15) is 9.18 Å². The summed E-state index contributed by atoms with van der Waals surface area (Å²) in [4.78, 5) is 23.7. The van der Waals surface area contributed by atoms with Gasteiger partial charge in [-0.3, -0.25) is 9.78 Å². The average Bonchev–Trinajstić information content (AvgIpc) is 2.86. The fraction of sp³-hybridized carbons (Fsp3) is 0.320. The number of aryl methyl sites for hydroxylation is 1. The topological polar surface area (TPSA) is 101 Å². The van der Waals surface area contributed by atoms with Crippen LogP contribution in [0.15, 0.2) is 48.8 Å². The third-order valence-electron chi connectivity index (χ3n) is 5.51. The highest BCUT2D eigenvalue weighted by Gasteiger charge is 2.15. The molecule has 0 bridgehead atoms. The van der Waals surface area contributed by atoms with E-state index in [-0.39, 0.29) is 11.7 Å². The van der Waals surface area contributed by atoms with Crippen molar-refractivity contribution in [3.8, 4) is 0 Å². The molecule has 9 nitrogen and oxygen atoms in total. The lowest BCUT2D eigenvalue weighted by molar-refractivity contribution is 0.102. The average molecular weight is 481 g/mol. The number of pyridine rings is 2. The van der Waals surface area contributed by atoms with Crippen LogP contribution in [-0.4, -0.2) is 62.4 Å². The summed E-state index contributed by atoms with van der Waals surface area (Å²) in [5.41, 5.74) is 3.47. The zero-order chi connectivity index (χ0) is 24.6. The van der Waals surface area contributed by atoms with Gasteiger partial charge in [-0.2, -0.15) is 0 Å². The Balaban J connectivity index is 1.45. The molecule has 0 radical (unpaired) electrons. The van der Waals surface area contributed by atoms with Crippen molar-refractivity contribution in [3.63, 3.8) is 0 Å². The lowest BCUT2D eigenvalue weighted by Gasteiger charge is -2.29. The lowest BCUT2D eigenvalue weighted by Crippen LogP contribution is -2.36. The van der Waals surface area contributed by atoms with Crippen molar-refractivity contribution in [2.45, 2.75) is 6.92 Å². The summed E-state index contributed by atoms with van der Waals surface area (Å²) in [5, 5.41) is 9.14. The second kappa shape index (κ2) is 11.6. The summed E-state index contributed by atoms with van der Waals surface area (Å²) in [7, 11) is 1.63. The van der Waals surface area contributed by atoms with Crippen molar-refractivity contribution in [2.75, 3.05) is 67.4 Å². The minimum absolute atomic E-state index is 0.311. The Bertz CT molecular complexity index is 1150. The highest BCUT2D eigenvalue weighted by molar-refractivity contribution is 6.05. The quantitative estimate of drug-likeness (QED) is 0.398. The molecule has 0 aliphatic carbocycles. The molecule has 184 valence electrons. The Kier molecular flexibility index (Phi) is 8.07. The molecule has 3 N–H and O–H groups in total. The van der Waals surface area contributed by atoms with Crippen LogP contribution in [0.4, 0.5) is 33.0 Å². The van der Waals surface area contributed by atoms with Gasteiger partial charge in [0.15, 0.2) is 0 Å². The summed E-state index contributed by atoms with van der Waals surface area (Å²) >= 11 is 0. The first-order valence-corrected chi connectivity index (χ1v) is 11.4. The van der Waals surface area contributed by atoms with Crippen molar-refractivity contribution >= 4 is 34.5 Å². The zero-order valence-corrected chi connectivity index (χ0v) is 19.8. The highest BCUT2D eigenvalue weighted by Crippen LogP contribution is 2.26. The SMILES string of the molecule is COCCNc1ccc(NC(=O)c2cc(Nc3cc(F)cc(N4CCOCC4)c3)cnc2C)cn1. The molecule has 0 saturated carbocycles. The number of benzene rings is 1. The molecule has 1 saturated heterocycles. The number of amides is 1. The molecule has 0 atom stereocenters. The van der Waals surface area contributed by atoms with Crippen LogP contribution in [0.25, 0.3) is 0 Å². The lowest BCUT2D eigenvalue weighted by atomic mass is 10.1. The molecule has 4 rings (SSSR count). The summed E-state index contributed by atoms with van der Waals surface area (Å²) in [6.45, 7) is 5.61. The van der Waals surface area contributed by atoms with Crippen LogP contribution in [0.3, 0.4) is 0 Å². The number of ether oxygens (including phenoxy) is 2. The number of nitrogens with one attached hydrogen (secondary N) is 3. The molecule has 35 heavy (non-hydrogen) atoms. The molecular weight excluding hydrogens is 451 g/mol. The van der Waals surface area contributed by atoms with E-state index in [1.807, 2.05) is 6.07 Å². The largest absolute Gasteiger partial charge is 0.383 e. The van der Waals surface area contributed by atoms with Crippen molar-refractivity contribution in [3.05, 3.63) is 65.9 Å². The van der Waals surface area contributed by atoms with Crippen LogP contribution < -0.4 is 20.9 Å². The molecule has 1 amide bonds. The van der Waals surface area contributed by atoms with Crippen LogP contribution in [0.2, 0.25) is 0 Å². The third-order valence-corrected chi connectivity index (χ3v) is 5.51. The molecule has 1 aliphatic rings. The molecule has 1 aliphatic heterocycles. The zero-order valence-electron chi connectivity index (χ0n) is 19.8. The number of halogens is 1. The van der Waals surface area contributed by atoms with Gasteiger partial charge < -0.3 is 30.3 Å². The summed E-state index contributed by atoms with van der Waals surface area (Å²) in [6.07, 6.45) is 3.20. The van der Waals surface area contributed by atoms with Crippen molar-refractivity contribution in [2.24, 2.45) is 0 Å². The normalized spacial score (nSPS) is 13.4. The second-order valence-corrected chi connectivity index (χ2v) is 8.09. The number of rotatable bonds is 9. The molecule has 0 spiro atoms. The minimum atomic E-state index is -0.345. The third kappa shape index (κ3) is 6.65. The van der Waals surface area contributed by atoms with Gasteiger partial charge in [0.05, 0.1) is 54.8 Å². The van der Waals surface area contributed by atoms with E-state index in [0.29, 0.717) is 73.6 Å².